The molecular weight excluding hydrogens is 358 g/mol. The number of hydrogen-bond acceptors (Lipinski definition) is 4. The Morgan fingerprint density at radius 3 is 2.70 bits per heavy atom. The van der Waals surface area contributed by atoms with Gasteiger partial charge in [0.1, 0.15) is 0 Å². The number of likely N-dealkylation sites (tertiary alicyclic amines) is 1. The molecule has 1 saturated heterocycles. The van der Waals surface area contributed by atoms with Crippen molar-refractivity contribution in [2.75, 3.05) is 18.8 Å². The van der Waals surface area contributed by atoms with Crippen LogP contribution in [0.25, 0.3) is 0 Å². The van der Waals surface area contributed by atoms with E-state index in [0.717, 1.165) is 38.2 Å². The SMILES string of the molecule is CCS(=O)(=O)c1ncc(CN2CCC[C@H](C)C2)n1CCCc1ccccc1. The van der Waals surface area contributed by atoms with Crippen molar-refractivity contribution in [1.29, 1.82) is 0 Å². The highest BCUT2D eigenvalue weighted by atomic mass is 32.2. The van der Waals surface area contributed by atoms with Gasteiger partial charge in [-0.15, -0.1) is 0 Å². The van der Waals surface area contributed by atoms with E-state index in [9.17, 15) is 8.42 Å². The molecule has 2 heterocycles. The third-order valence-electron chi connectivity index (χ3n) is 5.38. The predicted octanol–water partition coefficient (Wildman–Crippen LogP) is 3.54. The Balaban J connectivity index is 1.76. The molecule has 6 heteroatoms. The van der Waals surface area contributed by atoms with Crippen LogP contribution in [0.2, 0.25) is 0 Å². The zero-order chi connectivity index (χ0) is 19.3. The maximum absolute atomic E-state index is 12.5. The van der Waals surface area contributed by atoms with E-state index >= 15 is 0 Å². The topological polar surface area (TPSA) is 55.2 Å². The van der Waals surface area contributed by atoms with E-state index in [0.29, 0.717) is 12.5 Å². The molecular formula is C21H31N3O2S. The molecule has 3 rings (SSSR count). The van der Waals surface area contributed by atoms with Crippen molar-refractivity contribution in [3.63, 3.8) is 0 Å². The maximum atomic E-state index is 12.5. The van der Waals surface area contributed by atoms with Gasteiger partial charge in [0.15, 0.2) is 0 Å². The number of rotatable bonds is 8. The number of hydrogen-bond donors (Lipinski definition) is 0. The molecule has 0 radical (unpaired) electrons. The van der Waals surface area contributed by atoms with Crippen LogP contribution in [0.15, 0.2) is 41.7 Å². The quantitative estimate of drug-likeness (QED) is 0.693. The Bertz CT molecular complexity index is 830. The lowest BCUT2D eigenvalue weighted by atomic mass is 10.0. The first kappa shape index (κ1) is 20.1. The van der Waals surface area contributed by atoms with Gasteiger partial charge in [-0.1, -0.05) is 44.2 Å². The zero-order valence-electron chi connectivity index (χ0n) is 16.5. The number of sulfone groups is 1. The molecule has 0 N–H and O–H groups in total. The van der Waals surface area contributed by atoms with Gasteiger partial charge < -0.3 is 4.57 Å². The number of aryl methyl sites for hydroxylation is 1. The van der Waals surface area contributed by atoms with Gasteiger partial charge in [-0.25, -0.2) is 13.4 Å². The summed E-state index contributed by atoms with van der Waals surface area (Å²) < 4.78 is 27.0. The molecule has 0 unspecified atom stereocenters. The minimum Gasteiger partial charge on any atom is -0.318 e. The van der Waals surface area contributed by atoms with Crippen LogP contribution < -0.4 is 0 Å². The molecule has 1 aliphatic heterocycles. The van der Waals surface area contributed by atoms with Gasteiger partial charge >= 0.3 is 0 Å². The lowest BCUT2D eigenvalue weighted by Gasteiger charge is -2.31. The summed E-state index contributed by atoms with van der Waals surface area (Å²) in [6.07, 6.45) is 6.09. The summed E-state index contributed by atoms with van der Waals surface area (Å²) in [5, 5.41) is 0.234. The Morgan fingerprint density at radius 2 is 2.00 bits per heavy atom. The van der Waals surface area contributed by atoms with E-state index in [1.165, 1.54) is 18.4 Å². The van der Waals surface area contributed by atoms with Gasteiger partial charge in [-0.2, -0.15) is 0 Å². The average molecular weight is 390 g/mol. The van der Waals surface area contributed by atoms with Crippen LogP contribution in [0.5, 0.6) is 0 Å². The van der Waals surface area contributed by atoms with Gasteiger partial charge in [0.25, 0.3) is 0 Å². The second-order valence-corrected chi connectivity index (χ2v) is 9.83. The van der Waals surface area contributed by atoms with Gasteiger partial charge in [-0.05, 0) is 43.7 Å². The summed E-state index contributed by atoms with van der Waals surface area (Å²) in [4.78, 5) is 6.75. The smallest absolute Gasteiger partial charge is 0.227 e. The van der Waals surface area contributed by atoms with Crippen molar-refractivity contribution in [2.24, 2.45) is 5.92 Å². The second kappa shape index (κ2) is 9.02. The van der Waals surface area contributed by atoms with Gasteiger partial charge in [0.2, 0.25) is 15.0 Å². The molecule has 5 nitrogen and oxygen atoms in total. The molecule has 1 fully saturated rings. The first-order chi connectivity index (χ1) is 13.0. The Hall–Kier alpha value is -1.66. The third-order valence-corrected chi connectivity index (χ3v) is 7.02. The summed E-state index contributed by atoms with van der Waals surface area (Å²) >= 11 is 0. The molecule has 1 atom stereocenters. The summed E-state index contributed by atoms with van der Waals surface area (Å²) in [5.41, 5.74) is 2.30. The number of piperidine rings is 1. The summed E-state index contributed by atoms with van der Waals surface area (Å²) in [7, 11) is -3.32. The molecule has 0 spiro atoms. The molecule has 27 heavy (non-hydrogen) atoms. The normalized spacial score (nSPS) is 18.7. The summed E-state index contributed by atoms with van der Waals surface area (Å²) in [6, 6.07) is 10.3. The van der Waals surface area contributed by atoms with Crippen molar-refractivity contribution in [2.45, 2.75) is 57.8 Å². The monoisotopic (exact) mass is 389 g/mol. The van der Waals surface area contributed by atoms with Crippen LogP contribution in [-0.4, -0.2) is 41.7 Å². The highest BCUT2D eigenvalue weighted by Crippen LogP contribution is 2.21. The van der Waals surface area contributed by atoms with Crippen molar-refractivity contribution in [3.8, 4) is 0 Å². The molecule has 0 aliphatic carbocycles. The predicted molar refractivity (Wildman–Crippen MR) is 108 cm³/mol. The van der Waals surface area contributed by atoms with Crippen molar-refractivity contribution < 1.29 is 8.42 Å². The zero-order valence-corrected chi connectivity index (χ0v) is 17.3. The van der Waals surface area contributed by atoms with Crippen LogP contribution in [0.1, 0.15) is 44.4 Å². The van der Waals surface area contributed by atoms with E-state index in [2.05, 4.69) is 28.9 Å². The molecule has 148 valence electrons. The first-order valence-electron chi connectivity index (χ1n) is 10.0. The molecule has 0 bridgehead atoms. The molecule has 2 aromatic rings. The van der Waals surface area contributed by atoms with Crippen LogP contribution >= 0.6 is 0 Å². The van der Waals surface area contributed by atoms with Crippen molar-refractivity contribution in [3.05, 3.63) is 47.8 Å². The van der Waals surface area contributed by atoms with E-state index in [1.807, 2.05) is 22.8 Å². The summed E-state index contributed by atoms with van der Waals surface area (Å²) in [6.45, 7) is 7.59. The van der Waals surface area contributed by atoms with Crippen molar-refractivity contribution in [1.82, 2.24) is 14.5 Å². The maximum Gasteiger partial charge on any atom is 0.227 e. The number of imidazole rings is 1. The fourth-order valence-electron chi connectivity index (χ4n) is 3.88. The van der Waals surface area contributed by atoms with Gasteiger partial charge in [0, 0.05) is 19.6 Å². The first-order valence-corrected chi connectivity index (χ1v) is 11.7. The average Bonchev–Trinajstić information content (AvgIpc) is 3.06. The van der Waals surface area contributed by atoms with E-state index in [1.54, 1.807) is 13.1 Å². The standard InChI is InChI=1S/C21H31N3O2S/c1-3-27(25,26)21-22-15-20(17-23-13-7-9-18(2)16-23)24(21)14-8-12-19-10-5-4-6-11-19/h4-6,10-11,15,18H,3,7-9,12-14,16-17H2,1-2H3/t18-/m0/s1. The van der Waals surface area contributed by atoms with E-state index in [-0.39, 0.29) is 10.9 Å². The molecule has 1 aliphatic rings. The van der Waals surface area contributed by atoms with Crippen LogP contribution in [0.4, 0.5) is 0 Å². The lowest BCUT2D eigenvalue weighted by Crippen LogP contribution is -2.34. The number of aromatic nitrogens is 2. The third kappa shape index (κ3) is 5.20. The Labute approximate surface area is 163 Å². The minimum atomic E-state index is -3.32. The van der Waals surface area contributed by atoms with Crippen LogP contribution in [0, 0.1) is 5.92 Å². The summed E-state index contributed by atoms with van der Waals surface area (Å²) in [5.74, 6) is 0.787. The Morgan fingerprint density at radius 1 is 1.22 bits per heavy atom. The Kier molecular flexibility index (Phi) is 6.71. The molecule has 0 saturated carbocycles. The molecule has 1 aromatic heterocycles. The molecule has 1 aromatic carbocycles. The van der Waals surface area contributed by atoms with Crippen LogP contribution in [-0.2, 0) is 29.3 Å². The number of nitrogens with zero attached hydrogens (tertiary/aromatic N) is 3. The largest absolute Gasteiger partial charge is 0.318 e. The van der Waals surface area contributed by atoms with Gasteiger partial charge in [0.05, 0.1) is 17.6 Å². The van der Waals surface area contributed by atoms with Crippen LogP contribution in [0.3, 0.4) is 0 Å². The van der Waals surface area contributed by atoms with E-state index < -0.39 is 9.84 Å². The highest BCUT2D eigenvalue weighted by molar-refractivity contribution is 7.91. The minimum absolute atomic E-state index is 0.0862. The van der Waals surface area contributed by atoms with Gasteiger partial charge in [-0.3, -0.25) is 4.90 Å². The second-order valence-electron chi connectivity index (χ2n) is 7.66. The lowest BCUT2D eigenvalue weighted by molar-refractivity contribution is 0.172. The fourth-order valence-corrected chi connectivity index (χ4v) is 4.90. The molecule has 0 amide bonds. The number of benzene rings is 1. The fraction of sp³-hybridized carbons (Fsp3) is 0.571. The van der Waals surface area contributed by atoms with Crippen molar-refractivity contribution >= 4 is 9.84 Å². The highest BCUT2D eigenvalue weighted by Gasteiger charge is 2.23. The van der Waals surface area contributed by atoms with E-state index in [4.69, 9.17) is 0 Å².